The summed E-state index contributed by atoms with van der Waals surface area (Å²) in [4.78, 5) is 0. The molecular formula is C8H16N2. The normalized spacial score (nSPS) is 44.1. The van der Waals surface area contributed by atoms with Crippen molar-refractivity contribution < 1.29 is 0 Å². The summed E-state index contributed by atoms with van der Waals surface area (Å²) in [6.45, 7) is 6.94. The Morgan fingerprint density at radius 2 is 1.90 bits per heavy atom. The van der Waals surface area contributed by atoms with E-state index in [9.17, 15) is 0 Å². The van der Waals surface area contributed by atoms with Crippen LogP contribution in [0.25, 0.3) is 0 Å². The Kier molecular flexibility index (Phi) is 1.46. The number of piperidine rings is 1. The molecule has 0 aromatic heterocycles. The zero-order chi connectivity index (χ0) is 7.14. The first-order chi connectivity index (χ1) is 4.79. The van der Waals surface area contributed by atoms with Gasteiger partial charge in [0.1, 0.15) is 0 Å². The summed E-state index contributed by atoms with van der Waals surface area (Å²) in [6, 6.07) is 1.51. The number of hydrogen-bond acceptors (Lipinski definition) is 2. The van der Waals surface area contributed by atoms with Crippen LogP contribution < -0.4 is 10.6 Å². The Balaban J connectivity index is 1.79. The van der Waals surface area contributed by atoms with Crippen molar-refractivity contribution in [3.8, 4) is 0 Å². The lowest BCUT2D eigenvalue weighted by atomic mass is 10.3. The Bertz CT molecular complexity index is 123. The zero-order valence-corrected chi connectivity index (χ0v) is 6.72. The topological polar surface area (TPSA) is 24.1 Å². The molecule has 0 spiro atoms. The Labute approximate surface area is 62.4 Å². The highest BCUT2D eigenvalue weighted by atomic mass is 15.1. The summed E-state index contributed by atoms with van der Waals surface area (Å²) in [5.41, 5.74) is 0. The lowest BCUT2D eigenvalue weighted by molar-refractivity contribution is 0.514. The molecule has 1 saturated carbocycles. The van der Waals surface area contributed by atoms with Gasteiger partial charge in [0.05, 0.1) is 0 Å². The fourth-order valence-corrected chi connectivity index (χ4v) is 2.05. The van der Waals surface area contributed by atoms with E-state index in [2.05, 4.69) is 24.5 Å². The highest BCUT2D eigenvalue weighted by molar-refractivity contribution is 5.09. The maximum absolute atomic E-state index is 3.58. The molecule has 1 saturated heterocycles. The Morgan fingerprint density at radius 1 is 1.30 bits per heavy atom. The van der Waals surface area contributed by atoms with Crippen molar-refractivity contribution in [3.63, 3.8) is 0 Å². The monoisotopic (exact) mass is 140 g/mol. The van der Waals surface area contributed by atoms with Crippen molar-refractivity contribution >= 4 is 0 Å². The molecule has 10 heavy (non-hydrogen) atoms. The van der Waals surface area contributed by atoms with Gasteiger partial charge in [-0.05, 0) is 24.9 Å². The minimum atomic E-state index is 0.663. The Hall–Kier alpha value is -0.0800. The second kappa shape index (κ2) is 2.21. The van der Waals surface area contributed by atoms with Gasteiger partial charge in [0.25, 0.3) is 0 Å². The highest BCUT2D eigenvalue weighted by Crippen LogP contribution is 2.41. The summed E-state index contributed by atoms with van der Waals surface area (Å²) < 4.78 is 0. The zero-order valence-electron chi connectivity index (χ0n) is 6.72. The summed E-state index contributed by atoms with van der Waals surface area (Å²) in [6.07, 6.45) is 0. The van der Waals surface area contributed by atoms with Gasteiger partial charge in [-0.3, -0.25) is 0 Å². The van der Waals surface area contributed by atoms with Gasteiger partial charge in [0.15, 0.2) is 0 Å². The first-order valence-electron chi connectivity index (χ1n) is 4.26. The number of nitrogens with one attached hydrogen (secondary N) is 2. The fourth-order valence-electron chi connectivity index (χ4n) is 2.05. The molecule has 3 atom stereocenters. The standard InChI is InChI=1S/C8H16N2/c1-5(2)10-8-6-3-9-4-7(6)8/h5-10H,3-4H2,1-2H3/t6-,7+,8+. The second-order valence-corrected chi connectivity index (χ2v) is 3.83. The first kappa shape index (κ1) is 6.62. The van der Waals surface area contributed by atoms with E-state index >= 15 is 0 Å². The molecule has 0 unspecified atom stereocenters. The molecule has 2 rings (SSSR count). The molecule has 0 aromatic rings. The van der Waals surface area contributed by atoms with Gasteiger partial charge >= 0.3 is 0 Å². The second-order valence-electron chi connectivity index (χ2n) is 3.83. The van der Waals surface area contributed by atoms with Crippen molar-refractivity contribution in [2.75, 3.05) is 13.1 Å². The minimum absolute atomic E-state index is 0.663. The third-order valence-electron chi connectivity index (χ3n) is 2.62. The maximum Gasteiger partial charge on any atom is 0.0158 e. The SMILES string of the molecule is CC(C)N[C@H]1[C@@H]2CNC[C@@H]21. The molecule has 2 aliphatic rings. The third-order valence-corrected chi connectivity index (χ3v) is 2.62. The van der Waals surface area contributed by atoms with E-state index in [4.69, 9.17) is 0 Å². The lowest BCUT2D eigenvalue weighted by Gasteiger charge is -2.09. The van der Waals surface area contributed by atoms with E-state index in [0.29, 0.717) is 6.04 Å². The molecule has 58 valence electrons. The largest absolute Gasteiger partial charge is 0.316 e. The van der Waals surface area contributed by atoms with Crippen molar-refractivity contribution in [1.82, 2.24) is 10.6 Å². The molecule has 1 aliphatic carbocycles. The quantitative estimate of drug-likeness (QED) is 0.572. The summed E-state index contributed by atoms with van der Waals surface area (Å²) in [7, 11) is 0. The molecule has 0 bridgehead atoms. The van der Waals surface area contributed by atoms with Crippen LogP contribution in [0.4, 0.5) is 0 Å². The average molecular weight is 140 g/mol. The molecule has 2 nitrogen and oxygen atoms in total. The van der Waals surface area contributed by atoms with Gasteiger partial charge in [0, 0.05) is 12.1 Å². The lowest BCUT2D eigenvalue weighted by Crippen LogP contribution is -2.32. The minimum Gasteiger partial charge on any atom is -0.316 e. The van der Waals surface area contributed by atoms with E-state index in [1.807, 2.05) is 0 Å². The van der Waals surface area contributed by atoms with Crippen LogP contribution in [0, 0.1) is 11.8 Å². The van der Waals surface area contributed by atoms with Crippen LogP contribution in [-0.4, -0.2) is 25.2 Å². The molecular weight excluding hydrogens is 124 g/mol. The number of rotatable bonds is 2. The van der Waals surface area contributed by atoms with Crippen LogP contribution in [0.5, 0.6) is 0 Å². The number of hydrogen-bond donors (Lipinski definition) is 2. The third kappa shape index (κ3) is 0.956. The summed E-state index contributed by atoms with van der Waals surface area (Å²) >= 11 is 0. The molecule has 0 radical (unpaired) electrons. The van der Waals surface area contributed by atoms with Crippen LogP contribution in [0.3, 0.4) is 0 Å². The molecule has 2 N–H and O–H groups in total. The number of fused-ring (bicyclic) bond motifs is 1. The van der Waals surface area contributed by atoms with Crippen LogP contribution >= 0.6 is 0 Å². The summed E-state index contributed by atoms with van der Waals surface area (Å²) in [5.74, 6) is 1.92. The molecule has 2 heteroatoms. The first-order valence-corrected chi connectivity index (χ1v) is 4.26. The van der Waals surface area contributed by atoms with Crippen LogP contribution in [0.15, 0.2) is 0 Å². The van der Waals surface area contributed by atoms with Gasteiger partial charge in [-0.1, -0.05) is 13.8 Å². The average Bonchev–Trinajstić information content (AvgIpc) is 2.40. The highest BCUT2D eigenvalue weighted by Gasteiger charge is 2.52. The molecule has 0 amide bonds. The fraction of sp³-hybridized carbons (Fsp3) is 1.00. The van der Waals surface area contributed by atoms with E-state index in [1.54, 1.807) is 0 Å². The maximum atomic E-state index is 3.58. The smallest absolute Gasteiger partial charge is 0.0158 e. The van der Waals surface area contributed by atoms with Crippen molar-refractivity contribution in [2.24, 2.45) is 11.8 Å². The molecule has 0 aromatic carbocycles. The van der Waals surface area contributed by atoms with Crippen molar-refractivity contribution in [2.45, 2.75) is 25.9 Å². The van der Waals surface area contributed by atoms with Crippen LogP contribution in [0.1, 0.15) is 13.8 Å². The van der Waals surface area contributed by atoms with E-state index in [0.717, 1.165) is 17.9 Å². The predicted molar refractivity (Wildman–Crippen MR) is 41.9 cm³/mol. The Morgan fingerprint density at radius 3 is 2.40 bits per heavy atom. The van der Waals surface area contributed by atoms with Crippen molar-refractivity contribution in [3.05, 3.63) is 0 Å². The van der Waals surface area contributed by atoms with Gasteiger partial charge in [-0.15, -0.1) is 0 Å². The van der Waals surface area contributed by atoms with Gasteiger partial charge in [-0.25, -0.2) is 0 Å². The molecule has 1 aliphatic heterocycles. The van der Waals surface area contributed by atoms with Gasteiger partial charge in [-0.2, -0.15) is 0 Å². The van der Waals surface area contributed by atoms with Crippen molar-refractivity contribution in [1.29, 1.82) is 0 Å². The summed E-state index contributed by atoms with van der Waals surface area (Å²) in [5, 5.41) is 6.96. The van der Waals surface area contributed by atoms with Gasteiger partial charge < -0.3 is 10.6 Å². The van der Waals surface area contributed by atoms with E-state index in [-0.39, 0.29) is 0 Å². The molecule has 2 fully saturated rings. The van der Waals surface area contributed by atoms with Gasteiger partial charge in [0.2, 0.25) is 0 Å². The van der Waals surface area contributed by atoms with E-state index in [1.165, 1.54) is 13.1 Å². The van der Waals surface area contributed by atoms with Crippen LogP contribution in [-0.2, 0) is 0 Å². The molecule has 1 heterocycles. The van der Waals surface area contributed by atoms with Crippen LogP contribution in [0.2, 0.25) is 0 Å². The van der Waals surface area contributed by atoms with E-state index < -0.39 is 0 Å². The predicted octanol–water partition coefficient (Wildman–Crippen LogP) is 0.202.